The van der Waals surface area contributed by atoms with Gasteiger partial charge in [-0.05, 0) is 24.4 Å². The van der Waals surface area contributed by atoms with Crippen LogP contribution in [0.1, 0.15) is 26.5 Å². The van der Waals surface area contributed by atoms with Gasteiger partial charge in [-0.1, -0.05) is 20.8 Å². The molecule has 1 N–H and O–H groups in total. The van der Waals surface area contributed by atoms with Gasteiger partial charge in [0.25, 0.3) is 0 Å². The Kier molecular flexibility index (Phi) is 3.11. The van der Waals surface area contributed by atoms with E-state index in [1.807, 2.05) is 20.8 Å². The first-order valence-electron chi connectivity index (χ1n) is 5.57. The van der Waals surface area contributed by atoms with Crippen molar-refractivity contribution < 1.29 is 8.78 Å². The molecule has 0 unspecified atom stereocenters. The number of imidazole rings is 1. The number of hydrogen-bond acceptors (Lipinski definition) is 1. The van der Waals surface area contributed by atoms with Gasteiger partial charge >= 0.3 is 0 Å². The predicted molar refractivity (Wildman–Crippen MR) is 69.6 cm³/mol. The summed E-state index contributed by atoms with van der Waals surface area (Å²) < 4.78 is 29.0. The summed E-state index contributed by atoms with van der Waals surface area (Å²) >= 11 is 5.14. The van der Waals surface area contributed by atoms with Gasteiger partial charge in [0.15, 0.2) is 4.77 Å². The minimum absolute atomic E-state index is 0.131. The van der Waals surface area contributed by atoms with E-state index in [0.717, 1.165) is 23.9 Å². The summed E-state index contributed by atoms with van der Waals surface area (Å²) in [5.74, 6) is -0.994. The van der Waals surface area contributed by atoms with Crippen LogP contribution in [0.5, 0.6) is 0 Å². The summed E-state index contributed by atoms with van der Waals surface area (Å²) in [6, 6.07) is 3.34. The first-order chi connectivity index (χ1) is 8.30. The molecule has 1 heterocycles. The van der Waals surface area contributed by atoms with Crippen molar-refractivity contribution in [3.05, 3.63) is 46.5 Å². The molecule has 0 saturated heterocycles. The van der Waals surface area contributed by atoms with E-state index in [2.05, 4.69) is 4.98 Å². The lowest BCUT2D eigenvalue weighted by atomic mass is 9.92. The summed E-state index contributed by atoms with van der Waals surface area (Å²) in [6.45, 7) is 5.95. The summed E-state index contributed by atoms with van der Waals surface area (Å²) in [5.41, 5.74) is 0.704. The zero-order valence-corrected chi connectivity index (χ0v) is 11.2. The topological polar surface area (TPSA) is 20.7 Å². The standard InChI is InChI=1S/C13H14F2N2S/c1-13(2,3)11-7-16-12(18)17(11)10-6-8(14)4-5-9(10)15/h4-7H,1-3H3,(H,16,18). The zero-order chi connectivity index (χ0) is 13.5. The Morgan fingerprint density at radius 2 is 1.89 bits per heavy atom. The summed E-state index contributed by atoms with van der Waals surface area (Å²) in [4.78, 5) is 2.88. The maximum Gasteiger partial charge on any atom is 0.182 e. The SMILES string of the molecule is CC(C)(C)c1c[nH]c(=S)n1-c1cc(F)ccc1F. The van der Waals surface area contributed by atoms with Crippen LogP contribution in [0, 0.1) is 16.4 Å². The first kappa shape index (κ1) is 13.0. The maximum atomic E-state index is 13.8. The second-order valence-electron chi connectivity index (χ2n) is 5.16. The van der Waals surface area contributed by atoms with Crippen LogP contribution < -0.4 is 0 Å². The summed E-state index contributed by atoms with van der Waals surface area (Å²) in [6.07, 6.45) is 1.73. The smallest absolute Gasteiger partial charge is 0.182 e. The van der Waals surface area contributed by atoms with Gasteiger partial charge in [0.2, 0.25) is 0 Å². The highest BCUT2D eigenvalue weighted by Gasteiger charge is 2.21. The quantitative estimate of drug-likeness (QED) is 0.772. The number of aromatic nitrogens is 2. The highest BCUT2D eigenvalue weighted by molar-refractivity contribution is 7.71. The predicted octanol–water partition coefficient (Wildman–Crippen LogP) is 4.11. The lowest BCUT2D eigenvalue weighted by molar-refractivity contribution is 0.543. The van der Waals surface area contributed by atoms with E-state index < -0.39 is 11.6 Å². The largest absolute Gasteiger partial charge is 0.337 e. The Morgan fingerprint density at radius 3 is 2.50 bits per heavy atom. The Morgan fingerprint density at radius 1 is 1.22 bits per heavy atom. The normalized spacial score (nSPS) is 11.8. The lowest BCUT2D eigenvalue weighted by Gasteiger charge is -2.21. The van der Waals surface area contributed by atoms with Crippen molar-refractivity contribution in [2.45, 2.75) is 26.2 Å². The van der Waals surface area contributed by atoms with Crippen LogP contribution in [-0.4, -0.2) is 9.55 Å². The molecule has 0 spiro atoms. The van der Waals surface area contributed by atoms with Crippen molar-refractivity contribution in [3.63, 3.8) is 0 Å². The van der Waals surface area contributed by atoms with Gasteiger partial charge < -0.3 is 4.98 Å². The van der Waals surface area contributed by atoms with Gasteiger partial charge in [0, 0.05) is 23.4 Å². The number of benzene rings is 1. The van der Waals surface area contributed by atoms with Crippen molar-refractivity contribution >= 4 is 12.2 Å². The van der Waals surface area contributed by atoms with Crippen LogP contribution in [-0.2, 0) is 5.41 Å². The molecule has 0 radical (unpaired) electrons. The van der Waals surface area contributed by atoms with E-state index in [0.29, 0.717) is 4.77 Å². The van der Waals surface area contributed by atoms with Gasteiger partial charge in [-0.3, -0.25) is 4.57 Å². The lowest BCUT2D eigenvalue weighted by Crippen LogP contribution is -2.17. The third-order valence-corrected chi connectivity index (χ3v) is 2.99. The van der Waals surface area contributed by atoms with Crippen molar-refractivity contribution in [1.82, 2.24) is 9.55 Å². The molecule has 5 heteroatoms. The molecule has 2 rings (SSSR count). The molecule has 2 aromatic rings. The minimum Gasteiger partial charge on any atom is -0.337 e. The van der Waals surface area contributed by atoms with Crippen LogP contribution in [0.2, 0.25) is 0 Å². The fourth-order valence-corrected chi connectivity index (χ4v) is 2.07. The molecule has 96 valence electrons. The van der Waals surface area contributed by atoms with Gasteiger partial charge in [-0.25, -0.2) is 8.78 Å². The number of aromatic amines is 1. The van der Waals surface area contributed by atoms with Crippen LogP contribution in [0.25, 0.3) is 5.69 Å². The number of nitrogens with zero attached hydrogens (tertiary/aromatic N) is 1. The van der Waals surface area contributed by atoms with Gasteiger partial charge in [-0.15, -0.1) is 0 Å². The maximum absolute atomic E-state index is 13.8. The second kappa shape index (κ2) is 4.31. The highest BCUT2D eigenvalue weighted by Crippen LogP contribution is 2.26. The fourth-order valence-electron chi connectivity index (χ4n) is 1.82. The van der Waals surface area contributed by atoms with E-state index >= 15 is 0 Å². The molecule has 0 fully saturated rings. The summed E-state index contributed by atoms with van der Waals surface area (Å²) in [5, 5.41) is 0. The Hall–Kier alpha value is -1.49. The number of rotatable bonds is 1. The Labute approximate surface area is 109 Å². The molecule has 2 nitrogen and oxygen atoms in total. The molecule has 1 aromatic heterocycles. The monoisotopic (exact) mass is 268 g/mol. The molecule has 18 heavy (non-hydrogen) atoms. The molecule has 0 bridgehead atoms. The molecule has 1 aromatic carbocycles. The van der Waals surface area contributed by atoms with Crippen molar-refractivity contribution in [1.29, 1.82) is 0 Å². The minimum atomic E-state index is -0.502. The van der Waals surface area contributed by atoms with Crippen LogP contribution in [0.4, 0.5) is 8.78 Å². The van der Waals surface area contributed by atoms with Crippen molar-refractivity contribution in [2.75, 3.05) is 0 Å². The molecule has 0 atom stereocenters. The van der Waals surface area contributed by atoms with Crippen LogP contribution in [0.3, 0.4) is 0 Å². The third kappa shape index (κ3) is 2.22. The van der Waals surface area contributed by atoms with E-state index in [-0.39, 0.29) is 11.1 Å². The van der Waals surface area contributed by atoms with Gasteiger partial charge in [0.1, 0.15) is 11.6 Å². The number of H-pyrrole nitrogens is 1. The molecule has 0 aliphatic carbocycles. The number of hydrogen-bond donors (Lipinski definition) is 1. The molecule has 0 aliphatic rings. The third-order valence-electron chi connectivity index (χ3n) is 2.69. The van der Waals surface area contributed by atoms with Crippen LogP contribution in [0.15, 0.2) is 24.4 Å². The van der Waals surface area contributed by atoms with Crippen LogP contribution >= 0.6 is 12.2 Å². The van der Waals surface area contributed by atoms with E-state index in [4.69, 9.17) is 12.2 Å². The fraction of sp³-hybridized carbons (Fsp3) is 0.308. The average Bonchev–Trinajstić information content (AvgIpc) is 2.63. The van der Waals surface area contributed by atoms with E-state index in [1.165, 1.54) is 4.57 Å². The average molecular weight is 268 g/mol. The number of halogens is 2. The zero-order valence-electron chi connectivity index (χ0n) is 10.4. The van der Waals surface area contributed by atoms with Gasteiger partial charge in [-0.2, -0.15) is 0 Å². The molecular formula is C13H14F2N2S. The Bertz CT molecular complexity index is 635. The highest BCUT2D eigenvalue weighted by atomic mass is 32.1. The second-order valence-corrected chi connectivity index (χ2v) is 5.55. The van der Waals surface area contributed by atoms with E-state index in [1.54, 1.807) is 6.20 Å². The molecule has 0 amide bonds. The van der Waals surface area contributed by atoms with Gasteiger partial charge in [0.05, 0.1) is 5.69 Å². The summed E-state index contributed by atoms with van der Waals surface area (Å²) in [7, 11) is 0. The van der Waals surface area contributed by atoms with Crippen molar-refractivity contribution in [2.24, 2.45) is 0 Å². The molecule has 0 saturated carbocycles. The molecular weight excluding hydrogens is 254 g/mol. The number of nitrogens with one attached hydrogen (secondary N) is 1. The molecule has 0 aliphatic heterocycles. The van der Waals surface area contributed by atoms with E-state index in [9.17, 15) is 8.78 Å². The Balaban J connectivity index is 2.75. The first-order valence-corrected chi connectivity index (χ1v) is 5.98. The van der Waals surface area contributed by atoms with Crippen molar-refractivity contribution in [3.8, 4) is 5.69 Å².